The maximum Gasteiger partial charge on any atom is 0.332 e. The first-order valence-electron chi connectivity index (χ1n) is 13.9. The largest absolute Gasteiger partial charge is 0.493 e. The summed E-state index contributed by atoms with van der Waals surface area (Å²) in [6, 6.07) is 19.1. The predicted molar refractivity (Wildman–Crippen MR) is 161 cm³/mol. The van der Waals surface area contributed by atoms with Crippen LogP contribution in [-0.2, 0) is 24.3 Å². The molecule has 10 nitrogen and oxygen atoms in total. The number of hydrogen-bond donors (Lipinski definition) is 2. The van der Waals surface area contributed by atoms with E-state index in [2.05, 4.69) is 10.6 Å². The van der Waals surface area contributed by atoms with Crippen LogP contribution in [0, 0.1) is 0 Å². The van der Waals surface area contributed by atoms with Gasteiger partial charge in [-0.1, -0.05) is 37.3 Å². The Morgan fingerprint density at radius 3 is 2.26 bits per heavy atom. The normalized spacial score (nSPS) is 11.6. The molecule has 2 N–H and O–H groups in total. The van der Waals surface area contributed by atoms with E-state index in [9.17, 15) is 19.2 Å². The van der Waals surface area contributed by atoms with E-state index in [1.165, 1.54) is 4.57 Å². The third kappa shape index (κ3) is 6.88. The molecule has 0 aliphatic rings. The van der Waals surface area contributed by atoms with E-state index in [0.29, 0.717) is 46.5 Å². The molecule has 3 aromatic carbocycles. The van der Waals surface area contributed by atoms with Crippen LogP contribution in [0.4, 0.5) is 0 Å². The number of rotatable bonds is 12. The Balaban J connectivity index is 1.48. The lowest BCUT2D eigenvalue weighted by atomic mass is 10.1. The molecule has 0 aliphatic carbocycles. The minimum Gasteiger partial charge on any atom is -0.493 e. The molecule has 0 spiro atoms. The number of amides is 2. The van der Waals surface area contributed by atoms with Gasteiger partial charge in [0.2, 0.25) is 5.91 Å². The third-order valence-electron chi connectivity index (χ3n) is 7.16. The van der Waals surface area contributed by atoms with Gasteiger partial charge in [-0.05, 0) is 67.3 Å². The Morgan fingerprint density at radius 1 is 0.881 bits per heavy atom. The Hall–Kier alpha value is -4.86. The van der Waals surface area contributed by atoms with Gasteiger partial charge in [0.1, 0.15) is 6.54 Å². The molecular weight excluding hydrogens is 536 g/mol. The number of para-hydroxylation sites is 1. The topological polar surface area (TPSA) is 121 Å². The molecule has 1 atom stereocenters. The van der Waals surface area contributed by atoms with Gasteiger partial charge >= 0.3 is 5.69 Å². The van der Waals surface area contributed by atoms with Gasteiger partial charge in [0.05, 0.1) is 31.7 Å². The summed E-state index contributed by atoms with van der Waals surface area (Å²) in [6.07, 6.45) is 1.36. The molecule has 2 amide bonds. The second-order valence-electron chi connectivity index (χ2n) is 10.0. The van der Waals surface area contributed by atoms with Crippen molar-refractivity contribution in [3.63, 3.8) is 0 Å². The molecule has 0 radical (unpaired) electrons. The first-order chi connectivity index (χ1) is 20.2. The molecule has 0 bridgehead atoms. The van der Waals surface area contributed by atoms with Gasteiger partial charge in [-0.2, -0.15) is 0 Å². The van der Waals surface area contributed by atoms with Crippen molar-refractivity contribution in [3.8, 4) is 11.5 Å². The lowest BCUT2D eigenvalue weighted by Crippen LogP contribution is -2.43. The zero-order chi connectivity index (χ0) is 30.2. The van der Waals surface area contributed by atoms with Gasteiger partial charge < -0.3 is 20.1 Å². The summed E-state index contributed by atoms with van der Waals surface area (Å²) in [4.78, 5) is 52.1. The number of benzene rings is 3. The number of methoxy groups -OCH3 is 2. The molecule has 4 rings (SSSR count). The van der Waals surface area contributed by atoms with Gasteiger partial charge in [-0.15, -0.1) is 0 Å². The Bertz CT molecular complexity index is 1690. The second-order valence-corrected chi connectivity index (χ2v) is 10.0. The Labute approximate surface area is 243 Å². The van der Waals surface area contributed by atoms with Crippen molar-refractivity contribution in [1.29, 1.82) is 0 Å². The molecule has 220 valence electrons. The standard InChI is InChI=1S/C32H36N4O6/c1-5-21(2)34-29(37)20-35-26-9-7-6-8-25(26)31(39)36(32(35)40)19-23-10-13-24(14-11-23)30(38)33-17-16-22-12-15-27(41-3)28(18-22)42-4/h6-15,18,21H,5,16-17,19-20H2,1-4H3,(H,33,38)(H,34,37)/t21-/m0/s1. The van der Waals surface area contributed by atoms with E-state index in [-0.39, 0.29) is 30.9 Å². The average Bonchev–Trinajstić information content (AvgIpc) is 3.01. The maximum atomic E-state index is 13.5. The van der Waals surface area contributed by atoms with Crippen molar-refractivity contribution in [1.82, 2.24) is 19.8 Å². The van der Waals surface area contributed by atoms with Gasteiger partial charge in [-0.25, -0.2) is 4.79 Å². The summed E-state index contributed by atoms with van der Waals surface area (Å²) < 4.78 is 13.0. The van der Waals surface area contributed by atoms with Crippen molar-refractivity contribution in [3.05, 3.63) is 104 Å². The fraction of sp³-hybridized carbons (Fsp3) is 0.312. The van der Waals surface area contributed by atoms with Gasteiger partial charge in [-0.3, -0.25) is 23.5 Å². The van der Waals surface area contributed by atoms with Crippen LogP contribution in [0.5, 0.6) is 11.5 Å². The van der Waals surface area contributed by atoms with Crippen LogP contribution in [0.15, 0.2) is 76.3 Å². The molecule has 1 heterocycles. The van der Waals surface area contributed by atoms with Crippen LogP contribution in [0.25, 0.3) is 10.9 Å². The maximum absolute atomic E-state index is 13.5. The lowest BCUT2D eigenvalue weighted by Gasteiger charge is -2.16. The van der Waals surface area contributed by atoms with Gasteiger partial charge in [0, 0.05) is 18.2 Å². The van der Waals surface area contributed by atoms with E-state index >= 15 is 0 Å². The number of hydrogen-bond acceptors (Lipinski definition) is 6. The minimum absolute atomic E-state index is 0.00329. The Morgan fingerprint density at radius 2 is 1.57 bits per heavy atom. The number of carbonyl (C=O) groups is 2. The molecule has 0 unspecified atom stereocenters. The molecule has 0 fully saturated rings. The smallest absolute Gasteiger partial charge is 0.332 e. The number of ether oxygens (including phenoxy) is 2. The van der Waals surface area contributed by atoms with E-state index in [0.717, 1.165) is 16.6 Å². The minimum atomic E-state index is -0.574. The van der Waals surface area contributed by atoms with Crippen LogP contribution < -0.4 is 31.4 Å². The van der Waals surface area contributed by atoms with Crippen LogP contribution in [0.3, 0.4) is 0 Å². The fourth-order valence-electron chi connectivity index (χ4n) is 4.63. The number of nitrogens with zero attached hydrogens (tertiary/aromatic N) is 2. The second kappa shape index (κ2) is 13.7. The quantitative estimate of drug-likeness (QED) is 0.269. The van der Waals surface area contributed by atoms with Crippen LogP contribution >= 0.6 is 0 Å². The van der Waals surface area contributed by atoms with E-state index in [1.807, 2.05) is 32.0 Å². The van der Waals surface area contributed by atoms with Crippen molar-refractivity contribution in [2.24, 2.45) is 0 Å². The highest BCUT2D eigenvalue weighted by Gasteiger charge is 2.17. The van der Waals surface area contributed by atoms with Crippen LogP contribution in [0.2, 0.25) is 0 Å². The highest BCUT2D eigenvalue weighted by molar-refractivity contribution is 5.94. The molecule has 10 heteroatoms. The summed E-state index contributed by atoms with van der Waals surface area (Å²) in [5, 5.41) is 6.12. The van der Waals surface area contributed by atoms with Crippen molar-refractivity contribution in [2.45, 2.75) is 45.8 Å². The van der Waals surface area contributed by atoms with Gasteiger partial charge in [0.25, 0.3) is 11.5 Å². The first kappa shape index (κ1) is 30.1. The molecule has 4 aromatic rings. The van der Waals surface area contributed by atoms with Crippen molar-refractivity contribution < 1.29 is 19.1 Å². The number of carbonyl (C=O) groups excluding carboxylic acids is 2. The summed E-state index contributed by atoms with van der Waals surface area (Å²) >= 11 is 0. The predicted octanol–water partition coefficient (Wildman–Crippen LogP) is 3.12. The molecule has 0 aliphatic heterocycles. The fourth-order valence-corrected chi connectivity index (χ4v) is 4.63. The van der Waals surface area contributed by atoms with Gasteiger partial charge in [0.15, 0.2) is 11.5 Å². The highest BCUT2D eigenvalue weighted by atomic mass is 16.5. The number of nitrogens with one attached hydrogen (secondary N) is 2. The van der Waals surface area contributed by atoms with Crippen LogP contribution in [0.1, 0.15) is 41.8 Å². The van der Waals surface area contributed by atoms with Crippen molar-refractivity contribution in [2.75, 3.05) is 20.8 Å². The SMILES string of the molecule is CC[C@H](C)NC(=O)Cn1c(=O)n(Cc2ccc(C(=O)NCCc3ccc(OC)c(OC)c3)cc2)c(=O)c2ccccc21. The summed E-state index contributed by atoms with van der Waals surface area (Å²) in [5.41, 5.74) is 1.51. The highest BCUT2D eigenvalue weighted by Crippen LogP contribution is 2.27. The first-order valence-corrected chi connectivity index (χ1v) is 13.9. The molecule has 0 saturated carbocycles. The van der Waals surface area contributed by atoms with Crippen molar-refractivity contribution >= 4 is 22.7 Å². The van der Waals surface area contributed by atoms with E-state index < -0.39 is 11.2 Å². The molecule has 42 heavy (non-hydrogen) atoms. The molecular formula is C32H36N4O6. The van der Waals surface area contributed by atoms with E-state index in [4.69, 9.17) is 9.47 Å². The Kier molecular flexibility index (Phi) is 9.80. The number of fused-ring (bicyclic) bond motifs is 1. The monoisotopic (exact) mass is 572 g/mol. The molecule has 1 aromatic heterocycles. The average molecular weight is 573 g/mol. The zero-order valence-electron chi connectivity index (χ0n) is 24.3. The summed E-state index contributed by atoms with van der Waals surface area (Å²) in [6.45, 7) is 4.07. The zero-order valence-corrected chi connectivity index (χ0v) is 24.3. The lowest BCUT2D eigenvalue weighted by molar-refractivity contribution is -0.122. The third-order valence-corrected chi connectivity index (χ3v) is 7.16. The van der Waals surface area contributed by atoms with E-state index in [1.54, 1.807) is 62.8 Å². The summed E-state index contributed by atoms with van der Waals surface area (Å²) in [7, 11) is 3.15. The molecule has 0 saturated heterocycles. The summed E-state index contributed by atoms with van der Waals surface area (Å²) in [5.74, 6) is 0.730. The number of aromatic nitrogens is 2. The van der Waals surface area contributed by atoms with Crippen LogP contribution in [-0.4, -0.2) is 47.8 Å².